The highest BCUT2D eigenvalue weighted by molar-refractivity contribution is 6.35. The monoisotopic (exact) mass is 427 g/mol. The maximum atomic E-state index is 12.9. The van der Waals surface area contributed by atoms with Crippen LogP contribution in [0.5, 0.6) is 0 Å². The molecule has 1 aromatic heterocycles. The van der Waals surface area contributed by atoms with E-state index in [1.807, 2.05) is 43.3 Å². The van der Waals surface area contributed by atoms with Gasteiger partial charge in [0.05, 0.1) is 5.57 Å². The highest BCUT2D eigenvalue weighted by atomic mass is 16.4. The number of carboxylic acid groups (broad SMARTS) is 1. The summed E-state index contributed by atoms with van der Waals surface area (Å²) in [4.78, 5) is 24.0. The quantitative estimate of drug-likeness (QED) is 0.516. The molecule has 5 nitrogen and oxygen atoms in total. The summed E-state index contributed by atoms with van der Waals surface area (Å²) in [5.74, 6) is 0.749. The number of rotatable bonds is 5. The minimum absolute atomic E-state index is 0.0586. The molecule has 0 radical (unpaired) electrons. The van der Waals surface area contributed by atoms with Gasteiger partial charge in [0, 0.05) is 35.2 Å². The minimum Gasteiger partial charge on any atom is -0.481 e. The number of anilines is 1. The van der Waals surface area contributed by atoms with E-state index in [-0.39, 0.29) is 12.3 Å². The van der Waals surface area contributed by atoms with Crippen molar-refractivity contribution in [2.45, 2.75) is 45.4 Å². The summed E-state index contributed by atoms with van der Waals surface area (Å²) in [7, 11) is 0. The molecule has 3 aromatic rings. The molecule has 162 valence electrons. The van der Waals surface area contributed by atoms with E-state index in [4.69, 9.17) is 9.52 Å². The molecule has 0 spiro atoms. The predicted octanol–water partition coefficient (Wildman–Crippen LogP) is 5.64. The molecule has 32 heavy (non-hydrogen) atoms. The van der Waals surface area contributed by atoms with Crippen LogP contribution in [0, 0.1) is 6.92 Å². The molecule has 0 saturated carbocycles. The standard InChI is InChI=1S/C27H25NO4/c1-16-17(12-14-24(29)30)11-13-21-25(16)20(27(31)28-21)15-23-26(18-7-3-2-4-8-18)19-9-5-6-10-22(19)32-23/h2-4,7-8,11,13,15H,5-6,9-10,12,14H2,1H3,(H,28,31)(H,29,30). The van der Waals surface area contributed by atoms with Crippen LogP contribution in [0.1, 0.15) is 53.0 Å². The highest BCUT2D eigenvalue weighted by Crippen LogP contribution is 2.42. The Labute approximate surface area is 186 Å². The number of fused-ring (bicyclic) bond motifs is 2. The van der Waals surface area contributed by atoms with E-state index in [0.29, 0.717) is 12.0 Å². The van der Waals surface area contributed by atoms with Crippen LogP contribution in [0.25, 0.3) is 22.8 Å². The van der Waals surface area contributed by atoms with Gasteiger partial charge in [-0.2, -0.15) is 0 Å². The molecule has 0 atom stereocenters. The highest BCUT2D eigenvalue weighted by Gasteiger charge is 2.29. The fourth-order valence-corrected chi connectivity index (χ4v) is 4.90. The largest absolute Gasteiger partial charge is 0.481 e. The van der Waals surface area contributed by atoms with Crippen LogP contribution in [0.3, 0.4) is 0 Å². The average molecular weight is 428 g/mol. The van der Waals surface area contributed by atoms with Crippen molar-refractivity contribution in [3.63, 3.8) is 0 Å². The number of carbonyl (C=O) groups excluding carboxylic acids is 1. The average Bonchev–Trinajstić information content (AvgIpc) is 3.31. The molecule has 0 fully saturated rings. The first kappa shape index (κ1) is 20.3. The van der Waals surface area contributed by atoms with Crippen molar-refractivity contribution in [3.05, 3.63) is 76.2 Å². The van der Waals surface area contributed by atoms with Gasteiger partial charge in [-0.3, -0.25) is 9.59 Å². The summed E-state index contributed by atoms with van der Waals surface area (Å²) >= 11 is 0. The molecule has 5 rings (SSSR count). The van der Waals surface area contributed by atoms with E-state index in [1.165, 1.54) is 5.56 Å². The summed E-state index contributed by atoms with van der Waals surface area (Å²) in [6.45, 7) is 1.95. The van der Waals surface area contributed by atoms with Gasteiger partial charge in [-0.15, -0.1) is 0 Å². The number of furan rings is 1. The second-order valence-electron chi connectivity index (χ2n) is 8.49. The number of carbonyl (C=O) groups is 2. The SMILES string of the molecule is Cc1c(CCC(=O)O)ccc2c1C(=Cc1oc3c(c1-c1ccccc1)CCCC3)C(=O)N2. The number of hydrogen-bond donors (Lipinski definition) is 2. The second kappa shape index (κ2) is 8.15. The van der Waals surface area contributed by atoms with E-state index in [1.54, 1.807) is 0 Å². The smallest absolute Gasteiger partial charge is 0.303 e. The fourth-order valence-electron chi connectivity index (χ4n) is 4.90. The molecule has 0 bridgehead atoms. The van der Waals surface area contributed by atoms with Crippen LogP contribution in [0.2, 0.25) is 0 Å². The maximum absolute atomic E-state index is 12.9. The third kappa shape index (κ3) is 3.54. The summed E-state index contributed by atoms with van der Waals surface area (Å²) in [5.41, 5.74) is 7.46. The summed E-state index contributed by atoms with van der Waals surface area (Å²) in [6, 6.07) is 14.0. The molecule has 5 heteroatoms. The number of amides is 1. The van der Waals surface area contributed by atoms with Crippen molar-refractivity contribution in [3.8, 4) is 11.1 Å². The molecular weight excluding hydrogens is 402 g/mol. The Kier molecular flexibility index (Phi) is 5.17. The van der Waals surface area contributed by atoms with Crippen LogP contribution < -0.4 is 5.32 Å². The Morgan fingerprint density at radius 1 is 1.09 bits per heavy atom. The first-order chi connectivity index (χ1) is 15.5. The topological polar surface area (TPSA) is 79.5 Å². The van der Waals surface area contributed by atoms with Crippen LogP contribution in [-0.4, -0.2) is 17.0 Å². The number of hydrogen-bond acceptors (Lipinski definition) is 3. The number of aliphatic carboxylic acids is 1. The van der Waals surface area contributed by atoms with Crippen LogP contribution >= 0.6 is 0 Å². The number of aryl methyl sites for hydroxylation is 2. The van der Waals surface area contributed by atoms with Gasteiger partial charge in [-0.25, -0.2) is 0 Å². The fraction of sp³-hybridized carbons (Fsp3) is 0.259. The molecule has 2 N–H and O–H groups in total. The Balaban J connectivity index is 1.64. The minimum atomic E-state index is -0.830. The molecule has 2 heterocycles. The zero-order chi connectivity index (χ0) is 22.2. The van der Waals surface area contributed by atoms with Crippen molar-refractivity contribution in [2.24, 2.45) is 0 Å². The molecular formula is C27H25NO4. The van der Waals surface area contributed by atoms with Gasteiger partial charge >= 0.3 is 5.97 Å². The van der Waals surface area contributed by atoms with Gasteiger partial charge < -0.3 is 14.8 Å². The summed E-state index contributed by atoms with van der Waals surface area (Å²) in [6.07, 6.45) is 6.50. The number of carboxylic acids is 1. The number of benzene rings is 2. The molecule has 0 saturated heterocycles. The van der Waals surface area contributed by atoms with Crippen LogP contribution in [0.15, 0.2) is 46.9 Å². The lowest BCUT2D eigenvalue weighted by Crippen LogP contribution is -2.03. The van der Waals surface area contributed by atoms with E-state index in [9.17, 15) is 9.59 Å². The Hall–Kier alpha value is -3.60. The van der Waals surface area contributed by atoms with E-state index in [2.05, 4.69) is 17.4 Å². The van der Waals surface area contributed by atoms with Crippen LogP contribution in [-0.2, 0) is 28.9 Å². The molecule has 0 unspecified atom stereocenters. The third-order valence-corrected chi connectivity index (χ3v) is 6.48. The molecule has 1 aliphatic heterocycles. The van der Waals surface area contributed by atoms with Crippen molar-refractivity contribution >= 4 is 29.2 Å². The second-order valence-corrected chi connectivity index (χ2v) is 8.49. The van der Waals surface area contributed by atoms with E-state index < -0.39 is 5.97 Å². The normalized spacial score (nSPS) is 16.0. The predicted molar refractivity (Wildman–Crippen MR) is 124 cm³/mol. The first-order valence-corrected chi connectivity index (χ1v) is 11.1. The van der Waals surface area contributed by atoms with Gasteiger partial charge in [0.1, 0.15) is 11.5 Å². The van der Waals surface area contributed by atoms with E-state index in [0.717, 1.165) is 70.7 Å². The molecule has 2 aliphatic rings. The molecule has 1 amide bonds. The first-order valence-electron chi connectivity index (χ1n) is 11.1. The number of nitrogens with one attached hydrogen (secondary N) is 1. The molecule has 2 aromatic carbocycles. The molecule has 1 aliphatic carbocycles. The summed E-state index contributed by atoms with van der Waals surface area (Å²) < 4.78 is 6.33. The van der Waals surface area contributed by atoms with Gasteiger partial charge in [0.2, 0.25) is 0 Å². The van der Waals surface area contributed by atoms with Crippen LogP contribution in [0.4, 0.5) is 5.69 Å². The van der Waals surface area contributed by atoms with Crippen molar-refractivity contribution < 1.29 is 19.1 Å². The lowest BCUT2D eigenvalue weighted by atomic mass is 9.90. The Bertz CT molecular complexity index is 1250. The lowest BCUT2D eigenvalue weighted by molar-refractivity contribution is -0.137. The van der Waals surface area contributed by atoms with Gasteiger partial charge in [0.25, 0.3) is 5.91 Å². The maximum Gasteiger partial charge on any atom is 0.303 e. The summed E-state index contributed by atoms with van der Waals surface area (Å²) in [5, 5.41) is 12.0. The van der Waals surface area contributed by atoms with Gasteiger partial charge in [-0.1, -0.05) is 36.4 Å². The van der Waals surface area contributed by atoms with Crippen molar-refractivity contribution in [2.75, 3.05) is 5.32 Å². The van der Waals surface area contributed by atoms with Crippen molar-refractivity contribution in [1.82, 2.24) is 0 Å². The van der Waals surface area contributed by atoms with Gasteiger partial charge in [-0.05, 0) is 61.4 Å². The third-order valence-electron chi connectivity index (χ3n) is 6.48. The lowest BCUT2D eigenvalue weighted by Gasteiger charge is -2.11. The zero-order valence-electron chi connectivity index (χ0n) is 18.0. The zero-order valence-corrected chi connectivity index (χ0v) is 18.0. The Morgan fingerprint density at radius 2 is 1.88 bits per heavy atom. The van der Waals surface area contributed by atoms with E-state index >= 15 is 0 Å². The Morgan fingerprint density at radius 3 is 2.66 bits per heavy atom. The van der Waals surface area contributed by atoms with Crippen molar-refractivity contribution in [1.29, 1.82) is 0 Å². The van der Waals surface area contributed by atoms with Gasteiger partial charge in [0.15, 0.2) is 0 Å².